The summed E-state index contributed by atoms with van der Waals surface area (Å²) in [6, 6.07) is 8.26. The van der Waals surface area contributed by atoms with Crippen LogP contribution in [0.15, 0.2) is 29.3 Å². The average Bonchev–Trinajstić information content (AvgIpc) is 2.60. The molecule has 0 amide bonds. The van der Waals surface area contributed by atoms with Crippen molar-refractivity contribution in [2.24, 2.45) is 4.99 Å². The highest BCUT2D eigenvalue weighted by molar-refractivity contribution is 7.92. The SMILES string of the molecule is CCNC(=NCc1ccc(COC(C)C)cc1)N1CCS(=O)(=O)C(C)(C)C1. The van der Waals surface area contributed by atoms with Crippen molar-refractivity contribution in [1.82, 2.24) is 10.2 Å². The van der Waals surface area contributed by atoms with Crippen LogP contribution >= 0.6 is 0 Å². The Labute approximate surface area is 163 Å². The second-order valence-electron chi connectivity index (χ2n) is 7.85. The molecule has 6 nitrogen and oxygen atoms in total. The van der Waals surface area contributed by atoms with Gasteiger partial charge in [-0.3, -0.25) is 0 Å². The lowest BCUT2D eigenvalue weighted by Crippen LogP contribution is -2.57. The zero-order valence-corrected chi connectivity index (χ0v) is 18.0. The standard InChI is InChI=1S/C20H33N3O3S/c1-6-21-19(23-11-12-27(24,25)20(4,5)15-23)22-13-17-7-9-18(10-8-17)14-26-16(2)3/h7-10,16H,6,11-15H2,1-5H3,(H,21,22). The number of hydrogen-bond donors (Lipinski definition) is 1. The first-order valence-corrected chi connectivity index (χ1v) is 11.2. The lowest BCUT2D eigenvalue weighted by atomic mass is 10.1. The summed E-state index contributed by atoms with van der Waals surface area (Å²) < 4.78 is 29.3. The molecule has 152 valence electrons. The minimum absolute atomic E-state index is 0.162. The van der Waals surface area contributed by atoms with Gasteiger partial charge in [0.1, 0.15) is 0 Å². The zero-order chi connectivity index (χ0) is 20.1. The molecule has 1 aromatic rings. The second-order valence-corrected chi connectivity index (χ2v) is 10.6. The van der Waals surface area contributed by atoms with E-state index in [9.17, 15) is 8.42 Å². The summed E-state index contributed by atoms with van der Waals surface area (Å²) in [5, 5.41) is 3.29. The van der Waals surface area contributed by atoms with Crippen LogP contribution in [-0.4, -0.2) is 55.5 Å². The molecule has 0 unspecified atom stereocenters. The minimum Gasteiger partial charge on any atom is -0.374 e. The van der Waals surface area contributed by atoms with E-state index in [4.69, 9.17) is 9.73 Å². The summed E-state index contributed by atoms with van der Waals surface area (Å²) in [5.74, 6) is 0.933. The molecule has 0 saturated carbocycles. The summed E-state index contributed by atoms with van der Waals surface area (Å²) in [6.45, 7) is 12.5. The van der Waals surface area contributed by atoms with E-state index in [1.807, 2.05) is 20.8 Å². The van der Waals surface area contributed by atoms with Crippen molar-refractivity contribution in [3.8, 4) is 0 Å². The molecular formula is C20H33N3O3S. The topological polar surface area (TPSA) is 71.0 Å². The van der Waals surface area contributed by atoms with E-state index in [0.29, 0.717) is 26.2 Å². The molecule has 1 saturated heterocycles. The Kier molecular flexibility index (Phi) is 7.28. The van der Waals surface area contributed by atoms with E-state index in [2.05, 4.69) is 34.5 Å². The highest BCUT2D eigenvalue weighted by Crippen LogP contribution is 2.23. The van der Waals surface area contributed by atoms with Crippen LogP contribution in [0.1, 0.15) is 45.7 Å². The Hall–Kier alpha value is -1.60. The monoisotopic (exact) mass is 395 g/mol. The Morgan fingerprint density at radius 1 is 1.26 bits per heavy atom. The summed E-state index contributed by atoms with van der Waals surface area (Å²) >= 11 is 0. The van der Waals surface area contributed by atoms with Crippen LogP contribution in [-0.2, 0) is 27.7 Å². The Bertz CT molecular complexity index is 740. The van der Waals surface area contributed by atoms with Crippen LogP contribution in [0, 0.1) is 0 Å². The Balaban J connectivity index is 2.05. The molecule has 0 atom stereocenters. The van der Waals surface area contributed by atoms with Gasteiger partial charge in [-0.05, 0) is 45.7 Å². The van der Waals surface area contributed by atoms with Crippen molar-refractivity contribution >= 4 is 15.8 Å². The van der Waals surface area contributed by atoms with Crippen LogP contribution in [0.4, 0.5) is 0 Å². The average molecular weight is 396 g/mol. The summed E-state index contributed by atoms with van der Waals surface area (Å²) in [5.41, 5.74) is 2.26. The molecule has 2 rings (SSSR count). The predicted octanol–water partition coefficient (Wildman–Crippen LogP) is 2.59. The maximum absolute atomic E-state index is 12.2. The van der Waals surface area contributed by atoms with Crippen LogP contribution in [0.5, 0.6) is 0 Å². The molecule has 1 fully saturated rings. The third kappa shape index (κ3) is 5.94. The van der Waals surface area contributed by atoms with Gasteiger partial charge in [0.2, 0.25) is 0 Å². The fraction of sp³-hybridized carbons (Fsp3) is 0.650. The number of nitrogens with zero attached hydrogens (tertiary/aromatic N) is 2. The molecule has 0 spiro atoms. The molecule has 27 heavy (non-hydrogen) atoms. The summed E-state index contributed by atoms with van der Waals surface area (Å²) in [6.07, 6.45) is 0.217. The molecule has 0 bridgehead atoms. The van der Waals surface area contributed by atoms with Crippen molar-refractivity contribution in [3.05, 3.63) is 35.4 Å². The number of guanidine groups is 1. The first-order chi connectivity index (χ1) is 12.6. The molecule has 1 heterocycles. The molecule has 7 heteroatoms. The maximum atomic E-state index is 12.2. The van der Waals surface area contributed by atoms with Gasteiger partial charge in [-0.1, -0.05) is 24.3 Å². The highest BCUT2D eigenvalue weighted by atomic mass is 32.2. The van der Waals surface area contributed by atoms with E-state index in [1.165, 1.54) is 0 Å². The largest absolute Gasteiger partial charge is 0.374 e. The van der Waals surface area contributed by atoms with Crippen molar-refractivity contribution in [3.63, 3.8) is 0 Å². The quantitative estimate of drug-likeness (QED) is 0.592. The van der Waals surface area contributed by atoms with Crippen LogP contribution in [0.2, 0.25) is 0 Å². The highest BCUT2D eigenvalue weighted by Gasteiger charge is 2.40. The lowest BCUT2D eigenvalue weighted by molar-refractivity contribution is 0.0657. The predicted molar refractivity (Wildman–Crippen MR) is 111 cm³/mol. The number of sulfone groups is 1. The fourth-order valence-corrected chi connectivity index (χ4v) is 4.29. The third-order valence-corrected chi connectivity index (χ3v) is 7.23. The van der Waals surface area contributed by atoms with Gasteiger partial charge in [-0.2, -0.15) is 0 Å². The Morgan fingerprint density at radius 2 is 1.89 bits per heavy atom. The van der Waals surface area contributed by atoms with E-state index in [0.717, 1.165) is 23.6 Å². The van der Waals surface area contributed by atoms with E-state index >= 15 is 0 Å². The van der Waals surface area contributed by atoms with Crippen LogP contribution in [0.25, 0.3) is 0 Å². The van der Waals surface area contributed by atoms with Gasteiger partial charge < -0.3 is 15.0 Å². The summed E-state index contributed by atoms with van der Waals surface area (Å²) in [4.78, 5) is 6.78. The van der Waals surface area contributed by atoms with E-state index in [1.54, 1.807) is 13.8 Å². The van der Waals surface area contributed by atoms with Crippen LogP contribution < -0.4 is 5.32 Å². The van der Waals surface area contributed by atoms with Gasteiger partial charge in [-0.15, -0.1) is 0 Å². The normalized spacial score (nSPS) is 19.3. The second kappa shape index (κ2) is 9.06. The number of ether oxygens (including phenoxy) is 1. The number of rotatable bonds is 6. The number of aliphatic imine (C=N–C) groups is 1. The number of nitrogens with one attached hydrogen (secondary N) is 1. The first kappa shape index (κ1) is 21.7. The molecule has 1 aliphatic heterocycles. The zero-order valence-electron chi connectivity index (χ0n) is 17.2. The van der Waals surface area contributed by atoms with Crippen molar-refractivity contribution < 1.29 is 13.2 Å². The fourth-order valence-electron chi connectivity index (χ4n) is 2.92. The molecule has 0 aromatic heterocycles. The maximum Gasteiger partial charge on any atom is 0.194 e. The Morgan fingerprint density at radius 3 is 2.44 bits per heavy atom. The molecule has 1 aliphatic rings. The molecule has 1 aromatic carbocycles. The van der Waals surface area contributed by atoms with Gasteiger partial charge in [0, 0.05) is 19.6 Å². The van der Waals surface area contributed by atoms with Gasteiger partial charge in [0.15, 0.2) is 15.8 Å². The van der Waals surface area contributed by atoms with Crippen molar-refractivity contribution in [1.29, 1.82) is 0 Å². The smallest absolute Gasteiger partial charge is 0.194 e. The minimum atomic E-state index is -3.06. The molecule has 1 N–H and O–H groups in total. The third-order valence-electron chi connectivity index (χ3n) is 4.70. The molecule has 0 aliphatic carbocycles. The number of benzene rings is 1. The van der Waals surface area contributed by atoms with Crippen molar-refractivity contribution in [2.45, 2.75) is 58.6 Å². The lowest BCUT2D eigenvalue weighted by Gasteiger charge is -2.39. The van der Waals surface area contributed by atoms with Crippen LogP contribution in [0.3, 0.4) is 0 Å². The van der Waals surface area contributed by atoms with Gasteiger partial charge in [0.25, 0.3) is 0 Å². The first-order valence-electron chi connectivity index (χ1n) is 9.59. The van der Waals surface area contributed by atoms with E-state index in [-0.39, 0.29) is 11.9 Å². The molecule has 0 radical (unpaired) electrons. The van der Waals surface area contributed by atoms with Gasteiger partial charge in [0.05, 0.1) is 29.8 Å². The molecular weight excluding hydrogens is 362 g/mol. The van der Waals surface area contributed by atoms with Gasteiger partial charge >= 0.3 is 0 Å². The van der Waals surface area contributed by atoms with Crippen molar-refractivity contribution in [2.75, 3.05) is 25.4 Å². The van der Waals surface area contributed by atoms with Gasteiger partial charge in [-0.25, -0.2) is 13.4 Å². The van der Waals surface area contributed by atoms with E-state index < -0.39 is 14.6 Å². The number of hydrogen-bond acceptors (Lipinski definition) is 4. The summed E-state index contributed by atoms with van der Waals surface area (Å²) in [7, 11) is -3.06.